The molecule has 3 aromatic rings. The van der Waals surface area contributed by atoms with E-state index in [1.54, 1.807) is 53.4 Å². The number of ether oxygens (including phenoxy) is 1. The molecule has 1 aliphatic heterocycles. The highest BCUT2D eigenvalue weighted by Gasteiger charge is 2.23. The predicted octanol–water partition coefficient (Wildman–Crippen LogP) is 1.72. The van der Waals surface area contributed by atoms with Crippen LogP contribution in [0.2, 0.25) is 0 Å². The summed E-state index contributed by atoms with van der Waals surface area (Å²) < 4.78 is 11.3. The molecule has 2 amide bonds. The first-order valence-corrected chi connectivity index (χ1v) is 9.00. The van der Waals surface area contributed by atoms with Crippen LogP contribution in [0.25, 0.3) is 11.1 Å². The van der Waals surface area contributed by atoms with Crippen LogP contribution in [0, 0.1) is 11.8 Å². The van der Waals surface area contributed by atoms with Gasteiger partial charge in [-0.1, -0.05) is 24.0 Å². The Kier molecular flexibility index (Phi) is 5.03. The Labute approximate surface area is 165 Å². The topological polar surface area (TPSA) is 93.8 Å². The van der Waals surface area contributed by atoms with Gasteiger partial charge in [0.05, 0.1) is 18.6 Å². The minimum absolute atomic E-state index is 0.141. The fourth-order valence-corrected chi connectivity index (χ4v) is 3.00. The summed E-state index contributed by atoms with van der Waals surface area (Å²) in [4.78, 5) is 37.1. The van der Waals surface area contributed by atoms with E-state index in [4.69, 9.17) is 9.15 Å². The molecule has 146 valence electrons. The molecule has 8 nitrogen and oxygen atoms in total. The third kappa shape index (κ3) is 3.99. The van der Waals surface area contributed by atoms with Crippen molar-refractivity contribution in [3.63, 3.8) is 0 Å². The zero-order valence-electron chi connectivity index (χ0n) is 15.4. The number of amides is 2. The lowest BCUT2D eigenvalue weighted by atomic mass is 10.2. The second kappa shape index (κ2) is 7.94. The van der Waals surface area contributed by atoms with Gasteiger partial charge in [0.25, 0.3) is 0 Å². The molecule has 0 saturated carbocycles. The summed E-state index contributed by atoms with van der Waals surface area (Å²) in [6.07, 6.45) is -0.351. The van der Waals surface area contributed by atoms with Crippen molar-refractivity contribution >= 4 is 28.8 Å². The van der Waals surface area contributed by atoms with Crippen molar-refractivity contribution in [2.75, 3.05) is 24.6 Å². The normalized spacial score (nSPS) is 13.1. The predicted molar refractivity (Wildman–Crippen MR) is 105 cm³/mol. The molecule has 0 atom stereocenters. The fourth-order valence-electron chi connectivity index (χ4n) is 3.00. The van der Waals surface area contributed by atoms with Crippen LogP contribution in [0.5, 0.6) is 0 Å². The first-order valence-electron chi connectivity index (χ1n) is 9.00. The molecule has 0 radical (unpaired) electrons. The fraction of sp³-hybridized carbons (Fsp3) is 0.190. The average Bonchev–Trinajstić information content (AvgIpc) is 3.29. The van der Waals surface area contributed by atoms with Gasteiger partial charge in [0.15, 0.2) is 5.58 Å². The van der Waals surface area contributed by atoms with Gasteiger partial charge >= 0.3 is 11.8 Å². The van der Waals surface area contributed by atoms with Gasteiger partial charge in [-0.3, -0.25) is 14.3 Å². The van der Waals surface area contributed by atoms with E-state index in [9.17, 15) is 14.4 Å². The van der Waals surface area contributed by atoms with Crippen molar-refractivity contribution in [1.82, 2.24) is 9.88 Å². The van der Waals surface area contributed by atoms with Crippen LogP contribution in [0.1, 0.15) is 5.56 Å². The summed E-state index contributed by atoms with van der Waals surface area (Å²) in [6, 6.07) is 14.1. The minimum atomic E-state index is -0.575. The number of hydrogen-bond donors (Lipinski definition) is 1. The third-order valence-corrected chi connectivity index (χ3v) is 4.42. The number of carbonyl (C=O) groups is 2. The molecule has 1 N–H and O–H groups in total. The maximum absolute atomic E-state index is 12.1. The van der Waals surface area contributed by atoms with Crippen molar-refractivity contribution in [3.05, 3.63) is 64.6 Å². The third-order valence-electron chi connectivity index (χ3n) is 4.42. The highest BCUT2D eigenvalue weighted by molar-refractivity contribution is 5.89. The number of fused-ring (bicyclic) bond motifs is 1. The van der Waals surface area contributed by atoms with Crippen molar-refractivity contribution in [2.45, 2.75) is 6.54 Å². The number of rotatable bonds is 4. The van der Waals surface area contributed by atoms with E-state index in [1.165, 1.54) is 4.57 Å². The monoisotopic (exact) mass is 391 g/mol. The lowest BCUT2D eigenvalue weighted by Gasteiger charge is -2.11. The van der Waals surface area contributed by atoms with E-state index < -0.39 is 5.76 Å². The first kappa shape index (κ1) is 18.4. The van der Waals surface area contributed by atoms with E-state index in [2.05, 4.69) is 17.2 Å². The molecule has 2 heterocycles. The molecule has 1 aromatic heterocycles. The molecular weight excluding hydrogens is 374 g/mol. The molecule has 0 bridgehead atoms. The van der Waals surface area contributed by atoms with Crippen LogP contribution in [0.4, 0.5) is 10.5 Å². The zero-order chi connectivity index (χ0) is 20.2. The zero-order valence-corrected chi connectivity index (χ0v) is 15.4. The number of hydrogen-bond acceptors (Lipinski definition) is 5. The highest BCUT2D eigenvalue weighted by Crippen LogP contribution is 2.18. The van der Waals surface area contributed by atoms with Gasteiger partial charge in [-0.2, -0.15) is 0 Å². The Morgan fingerprint density at radius 3 is 2.66 bits per heavy atom. The summed E-state index contributed by atoms with van der Waals surface area (Å²) in [5.41, 5.74) is 2.52. The van der Waals surface area contributed by atoms with E-state index >= 15 is 0 Å². The number of cyclic esters (lactones) is 1. The molecule has 1 aliphatic rings. The number of carbonyl (C=O) groups excluding carboxylic acids is 2. The first-order chi connectivity index (χ1) is 14.1. The largest absolute Gasteiger partial charge is 0.447 e. The van der Waals surface area contributed by atoms with Crippen LogP contribution in [-0.2, 0) is 16.1 Å². The maximum atomic E-state index is 12.1. The van der Waals surface area contributed by atoms with Crippen LogP contribution in [0.3, 0.4) is 0 Å². The van der Waals surface area contributed by atoms with Gasteiger partial charge in [-0.05, 0) is 36.4 Å². The molecule has 0 spiro atoms. The van der Waals surface area contributed by atoms with E-state index in [-0.39, 0.29) is 25.1 Å². The van der Waals surface area contributed by atoms with Gasteiger partial charge in [-0.15, -0.1) is 0 Å². The van der Waals surface area contributed by atoms with Crippen LogP contribution in [-0.4, -0.2) is 36.3 Å². The summed E-state index contributed by atoms with van der Waals surface area (Å²) in [6.45, 7) is 0.924. The lowest BCUT2D eigenvalue weighted by Crippen LogP contribution is -2.30. The second-order valence-electron chi connectivity index (χ2n) is 6.31. The summed E-state index contributed by atoms with van der Waals surface area (Å²) in [5.74, 6) is 4.89. The SMILES string of the molecule is O=C(Cn1c(=O)oc2ccccc21)NCC#Cc1ccc(N2CCOC2=O)cc1. The Morgan fingerprint density at radius 2 is 1.90 bits per heavy atom. The number of nitrogens with one attached hydrogen (secondary N) is 1. The number of oxazole rings is 1. The Morgan fingerprint density at radius 1 is 1.10 bits per heavy atom. The minimum Gasteiger partial charge on any atom is -0.447 e. The number of nitrogens with zero attached hydrogens (tertiary/aromatic N) is 2. The summed E-state index contributed by atoms with van der Waals surface area (Å²) >= 11 is 0. The molecule has 0 unspecified atom stereocenters. The van der Waals surface area contributed by atoms with Gasteiger partial charge in [0.2, 0.25) is 5.91 Å². The molecule has 8 heteroatoms. The van der Waals surface area contributed by atoms with Gasteiger partial charge < -0.3 is 14.5 Å². The summed E-state index contributed by atoms with van der Waals surface area (Å²) in [5, 5.41) is 2.66. The molecule has 2 aromatic carbocycles. The van der Waals surface area contributed by atoms with E-state index in [1.807, 2.05) is 0 Å². The maximum Gasteiger partial charge on any atom is 0.420 e. The average molecular weight is 391 g/mol. The molecular formula is C21H17N3O5. The number of benzene rings is 2. The Balaban J connectivity index is 1.33. The van der Waals surface area contributed by atoms with Crippen molar-refractivity contribution in [3.8, 4) is 11.8 Å². The molecule has 29 heavy (non-hydrogen) atoms. The van der Waals surface area contributed by atoms with Crippen molar-refractivity contribution < 1.29 is 18.7 Å². The summed E-state index contributed by atoms with van der Waals surface area (Å²) in [7, 11) is 0. The van der Waals surface area contributed by atoms with Gasteiger partial charge in [0.1, 0.15) is 13.2 Å². The molecule has 1 fully saturated rings. The van der Waals surface area contributed by atoms with Crippen molar-refractivity contribution in [1.29, 1.82) is 0 Å². The molecule has 0 aliphatic carbocycles. The molecule has 4 rings (SSSR count). The van der Waals surface area contributed by atoms with Crippen LogP contribution in [0.15, 0.2) is 57.7 Å². The second-order valence-corrected chi connectivity index (χ2v) is 6.31. The number of para-hydroxylation sites is 2. The van der Waals surface area contributed by atoms with Crippen LogP contribution < -0.4 is 16.0 Å². The lowest BCUT2D eigenvalue weighted by molar-refractivity contribution is -0.121. The van der Waals surface area contributed by atoms with Crippen LogP contribution >= 0.6 is 0 Å². The van der Waals surface area contributed by atoms with Gasteiger partial charge in [0, 0.05) is 11.3 Å². The highest BCUT2D eigenvalue weighted by atomic mass is 16.6. The van der Waals surface area contributed by atoms with E-state index in [0.29, 0.717) is 24.3 Å². The van der Waals surface area contributed by atoms with Gasteiger partial charge in [-0.25, -0.2) is 9.59 Å². The van der Waals surface area contributed by atoms with Crippen molar-refractivity contribution in [2.24, 2.45) is 0 Å². The molecule has 1 saturated heterocycles. The number of aromatic nitrogens is 1. The standard InChI is InChI=1S/C21H17N3O5/c25-19(14-24-17-5-1-2-6-18(17)29-21(24)27)22-11-3-4-15-7-9-16(10-8-15)23-12-13-28-20(23)26/h1-2,5-10H,11-14H2,(H,22,25). The Hall–Kier alpha value is -3.99. The van der Waals surface area contributed by atoms with E-state index in [0.717, 1.165) is 11.3 Å². The Bertz CT molecular complexity index is 1180. The quantitative estimate of drug-likeness (QED) is 0.684. The smallest absolute Gasteiger partial charge is 0.420 e. The number of anilines is 1.